The molecule has 2 nitrogen and oxygen atoms in total. The van der Waals surface area contributed by atoms with Crippen LogP contribution in [-0.2, 0) is 0 Å². The summed E-state index contributed by atoms with van der Waals surface area (Å²) in [6.07, 6.45) is -0.255. The van der Waals surface area contributed by atoms with E-state index in [1.54, 1.807) is 0 Å². The highest BCUT2D eigenvalue weighted by Gasteiger charge is 2.22. The van der Waals surface area contributed by atoms with Crippen molar-refractivity contribution in [2.24, 2.45) is 0 Å². The van der Waals surface area contributed by atoms with Gasteiger partial charge in [-0.05, 0) is 41.5 Å². The molecule has 0 saturated heterocycles. The van der Waals surface area contributed by atoms with Gasteiger partial charge in [0.05, 0.1) is 6.10 Å². The Bertz CT molecular complexity index is 113. The number of hydrogen-bond donors (Lipinski definition) is 1. The van der Waals surface area contributed by atoms with Crippen LogP contribution in [0.4, 0.5) is 0 Å². The van der Waals surface area contributed by atoms with Crippen LogP contribution in [0.3, 0.4) is 0 Å². The van der Waals surface area contributed by atoms with Crippen molar-refractivity contribution in [1.82, 2.24) is 4.90 Å². The highest BCUT2D eigenvalue weighted by Crippen LogP contribution is 2.12. The number of aliphatic hydroxyl groups excluding tert-OH is 1. The summed E-state index contributed by atoms with van der Waals surface area (Å²) < 4.78 is 0. The van der Waals surface area contributed by atoms with Crippen LogP contribution < -0.4 is 0 Å². The van der Waals surface area contributed by atoms with Gasteiger partial charge in [0.15, 0.2) is 0 Å². The Morgan fingerprint density at radius 3 is 1.25 bits per heavy atom. The van der Waals surface area contributed by atoms with E-state index in [2.05, 4.69) is 39.5 Å². The van der Waals surface area contributed by atoms with Crippen LogP contribution in [0.2, 0.25) is 0 Å². The summed E-state index contributed by atoms with van der Waals surface area (Å²) in [6, 6.07) is 1.23. The molecule has 0 aromatic heterocycles. The maximum Gasteiger partial charge on any atom is 0.0664 e. The molecule has 0 aliphatic carbocycles. The molecule has 2 unspecified atom stereocenters. The zero-order chi connectivity index (χ0) is 9.89. The largest absolute Gasteiger partial charge is 0.392 e. The second kappa shape index (κ2) is 4.83. The normalized spacial score (nSPS) is 17.5. The van der Waals surface area contributed by atoms with Gasteiger partial charge in [-0.3, -0.25) is 4.90 Å². The lowest BCUT2D eigenvalue weighted by Gasteiger charge is -2.37. The third kappa shape index (κ3) is 3.11. The molecule has 0 aromatic rings. The van der Waals surface area contributed by atoms with Crippen LogP contribution >= 0.6 is 0 Å². The number of nitrogens with zero attached hydrogens (tertiary/aromatic N) is 1. The third-order valence-corrected chi connectivity index (χ3v) is 2.36. The van der Waals surface area contributed by atoms with E-state index < -0.39 is 0 Å². The van der Waals surface area contributed by atoms with Gasteiger partial charge in [-0.2, -0.15) is 0 Å². The molecular weight excluding hydrogens is 150 g/mol. The van der Waals surface area contributed by atoms with Crippen LogP contribution in [0.1, 0.15) is 41.5 Å². The first kappa shape index (κ1) is 11.9. The van der Waals surface area contributed by atoms with Gasteiger partial charge >= 0.3 is 0 Å². The van der Waals surface area contributed by atoms with Gasteiger partial charge in [-0.1, -0.05) is 0 Å². The predicted octanol–water partition coefficient (Wildman–Crippen LogP) is 1.87. The average molecular weight is 173 g/mol. The number of hydrogen-bond acceptors (Lipinski definition) is 2. The summed E-state index contributed by atoms with van der Waals surface area (Å²) >= 11 is 0. The summed E-state index contributed by atoms with van der Waals surface area (Å²) in [5, 5.41) is 9.45. The molecule has 1 N–H and O–H groups in total. The molecule has 0 aliphatic rings. The van der Waals surface area contributed by atoms with Gasteiger partial charge in [0, 0.05) is 18.1 Å². The Labute approximate surface area is 76.6 Å². The van der Waals surface area contributed by atoms with Crippen LogP contribution in [-0.4, -0.2) is 34.2 Å². The molecule has 0 spiro atoms. The van der Waals surface area contributed by atoms with Gasteiger partial charge in [-0.25, -0.2) is 0 Å². The Morgan fingerprint density at radius 2 is 1.17 bits per heavy atom. The van der Waals surface area contributed by atoms with Crippen molar-refractivity contribution in [2.45, 2.75) is 65.8 Å². The van der Waals surface area contributed by atoms with E-state index in [0.29, 0.717) is 12.1 Å². The molecule has 0 bridgehead atoms. The molecule has 2 heteroatoms. The van der Waals surface area contributed by atoms with Crippen LogP contribution in [0.15, 0.2) is 0 Å². The molecule has 0 saturated carbocycles. The average Bonchev–Trinajstić information content (AvgIpc) is 1.85. The van der Waals surface area contributed by atoms with Crippen LogP contribution in [0, 0.1) is 0 Å². The Kier molecular flexibility index (Phi) is 4.80. The zero-order valence-corrected chi connectivity index (χ0v) is 9.20. The van der Waals surface area contributed by atoms with Gasteiger partial charge in [0.1, 0.15) is 0 Å². The molecule has 0 aromatic carbocycles. The molecule has 0 amide bonds. The topological polar surface area (TPSA) is 23.5 Å². The van der Waals surface area contributed by atoms with E-state index in [1.807, 2.05) is 6.92 Å². The van der Waals surface area contributed by atoms with Crippen molar-refractivity contribution in [3.05, 3.63) is 0 Å². The summed E-state index contributed by atoms with van der Waals surface area (Å²) in [7, 11) is 0. The lowest BCUT2D eigenvalue weighted by molar-refractivity contribution is 0.0314. The van der Waals surface area contributed by atoms with E-state index in [1.165, 1.54) is 0 Å². The van der Waals surface area contributed by atoms with E-state index in [-0.39, 0.29) is 12.1 Å². The minimum absolute atomic E-state index is 0.241. The van der Waals surface area contributed by atoms with Crippen molar-refractivity contribution in [2.75, 3.05) is 0 Å². The van der Waals surface area contributed by atoms with Crippen molar-refractivity contribution >= 4 is 0 Å². The number of aliphatic hydroxyl groups is 1. The summed E-state index contributed by atoms with van der Waals surface area (Å²) in [5.74, 6) is 0. The zero-order valence-electron chi connectivity index (χ0n) is 9.20. The van der Waals surface area contributed by atoms with Crippen molar-refractivity contribution in [3.63, 3.8) is 0 Å². The molecular formula is C10H23NO. The lowest BCUT2D eigenvalue weighted by atomic mass is 10.1. The van der Waals surface area contributed by atoms with E-state index >= 15 is 0 Å². The highest BCUT2D eigenvalue weighted by molar-refractivity contribution is 4.77. The molecule has 0 heterocycles. The van der Waals surface area contributed by atoms with Crippen molar-refractivity contribution < 1.29 is 5.11 Å². The fourth-order valence-corrected chi connectivity index (χ4v) is 1.79. The second-order valence-electron chi connectivity index (χ2n) is 4.12. The van der Waals surface area contributed by atoms with Crippen LogP contribution in [0.5, 0.6) is 0 Å². The fourth-order valence-electron chi connectivity index (χ4n) is 1.79. The lowest BCUT2D eigenvalue weighted by Crippen LogP contribution is -2.48. The van der Waals surface area contributed by atoms with E-state index in [0.717, 1.165) is 0 Å². The molecule has 74 valence electrons. The minimum Gasteiger partial charge on any atom is -0.392 e. The maximum absolute atomic E-state index is 9.45. The smallest absolute Gasteiger partial charge is 0.0664 e. The van der Waals surface area contributed by atoms with Crippen LogP contribution in [0.25, 0.3) is 0 Å². The Balaban J connectivity index is 4.30. The summed E-state index contributed by atoms with van der Waals surface area (Å²) in [4.78, 5) is 2.32. The van der Waals surface area contributed by atoms with Gasteiger partial charge in [0.25, 0.3) is 0 Å². The first-order valence-corrected chi connectivity index (χ1v) is 4.83. The van der Waals surface area contributed by atoms with Gasteiger partial charge in [-0.15, -0.1) is 0 Å². The maximum atomic E-state index is 9.45. The molecule has 0 rings (SSSR count). The van der Waals surface area contributed by atoms with E-state index in [9.17, 15) is 5.11 Å². The molecule has 2 atom stereocenters. The molecule has 0 radical (unpaired) electrons. The summed E-state index contributed by atoms with van der Waals surface area (Å²) in [6.45, 7) is 12.6. The highest BCUT2D eigenvalue weighted by atomic mass is 16.3. The molecule has 0 fully saturated rings. The number of rotatable bonds is 4. The first-order valence-electron chi connectivity index (χ1n) is 4.83. The molecule has 12 heavy (non-hydrogen) atoms. The summed E-state index contributed by atoms with van der Waals surface area (Å²) in [5.41, 5.74) is 0. The second-order valence-corrected chi connectivity index (χ2v) is 4.12. The Morgan fingerprint density at radius 1 is 0.833 bits per heavy atom. The molecule has 0 aliphatic heterocycles. The van der Waals surface area contributed by atoms with Gasteiger partial charge in [0.2, 0.25) is 0 Å². The standard InChI is InChI=1S/C10H23NO/c1-7(2)11(8(3)4)9(5)10(6)12/h7-10,12H,1-6H3. The monoisotopic (exact) mass is 173 g/mol. The first-order chi connectivity index (χ1) is 5.37. The van der Waals surface area contributed by atoms with E-state index in [4.69, 9.17) is 0 Å². The van der Waals surface area contributed by atoms with Crippen molar-refractivity contribution in [1.29, 1.82) is 0 Å². The predicted molar refractivity (Wildman–Crippen MR) is 53.3 cm³/mol. The SMILES string of the molecule is CC(O)C(C)N(C(C)C)C(C)C. The fraction of sp³-hybridized carbons (Fsp3) is 1.00. The van der Waals surface area contributed by atoms with Crippen molar-refractivity contribution in [3.8, 4) is 0 Å². The van der Waals surface area contributed by atoms with Gasteiger partial charge < -0.3 is 5.11 Å². The minimum atomic E-state index is -0.255. The third-order valence-electron chi connectivity index (χ3n) is 2.36. The Hall–Kier alpha value is -0.0800. The quantitative estimate of drug-likeness (QED) is 0.701.